The zero-order valence-electron chi connectivity index (χ0n) is 17.1. The minimum atomic E-state index is -0.702. The average Bonchev–Trinajstić information content (AvgIpc) is 2.79. The van der Waals surface area contributed by atoms with Crippen LogP contribution in [0.15, 0.2) is 71.8 Å². The molecule has 0 saturated heterocycles. The molecule has 0 aliphatic carbocycles. The molecule has 8 nitrogen and oxygen atoms in total. The van der Waals surface area contributed by atoms with Gasteiger partial charge in [0.1, 0.15) is 5.75 Å². The number of carbonyl (C=O) groups is 2. The highest BCUT2D eigenvalue weighted by Gasteiger charge is 2.11. The third kappa shape index (κ3) is 6.89. The van der Waals surface area contributed by atoms with Gasteiger partial charge in [0.2, 0.25) is 0 Å². The number of benzene rings is 3. The van der Waals surface area contributed by atoms with Gasteiger partial charge in [0, 0.05) is 33.8 Å². The highest BCUT2D eigenvalue weighted by Crippen LogP contribution is 2.23. The maximum Gasteiger partial charge on any atom is 0.336 e. The summed E-state index contributed by atoms with van der Waals surface area (Å²) in [4.78, 5) is 34.7. The number of hydrazone groups is 1. The molecule has 3 aromatic rings. The van der Waals surface area contributed by atoms with Crippen LogP contribution in [0, 0.1) is 10.1 Å². The summed E-state index contributed by atoms with van der Waals surface area (Å²) in [6, 6.07) is 14.5. The number of ether oxygens (including phenoxy) is 1. The van der Waals surface area contributed by atoms with Crippen LogP contribution in [0.3, 0.4) is 0 Å². The molecule has 0 heterocycles. The summed E-state index contributed by atoms with van der Waals surface area (Å²) in [5.74, 6) is -1.12. The van der Waals surface area contributed by atoms with Crippen molar-refractivity contribution in [1.29, 1.82) is 0 Å². The van der Waals surface area contributed by atoms with Gasteiger partial charge in [-0.3, -0.25) is 14.9 Å². The molecular weight excluding hydrogens is 505 g/mol. The van der Waals surface area contributed by atoms with Gasteiger partial charge in [0.05, 0.1) is 21.7 Å². The highest BCUT2D eigenvalue weighted by molar-refractivity contribution is 6.36. The van der Waals surface area contributed by atoms with Gasteiger partial charge in [-0.2, -0.15) is 5.10 Å². The molecule has 11 heteroatoms. The molecular formula is C23H14Cl3N3O5. The second-order valence-corrected chi connectivity index (χ2v) is 7.89. The molecule has 172 valence electrons. The number of nitrogens with one attached hydrogen (secondary N) is 1. The minimum Gasteiger partial charge on any atom is -0.423 e. The molecule has 0 aliphatic rings. The molecule has 34 heavy (non-hydrogen) atoms. The standard InChI is InChI=1S/C23H14Cl3N3O5/c24-16-5-9-21(34-22(30)10-3-14-1-6-18(7-2-14)29(32)33)15(11-16)13-27-28-23(31)19-8-4-17(25)12-20(19)26/h1-13H,(H,28,31)/b10-3+,27-13+. The molecule has 0 fully saturated rings. The lowest BCUT2D eigenvalue weighted by Gasteiger charge is -2.06. The van der Waals surface area contributed by atoms with Crippen molar-refractivity contribution in [2.75, 3.05) is 0 Å². The van der Waals surface area contributed by atoms with Crippen molar-refractivity contribution in [3.05, 3.63) is 109 Å². The summed E-state index contributed by atoms with van der Waals surface area (Å²) in [6.45, 7) is 0. The summed E-state index contributed by atoms with van der Waals surface area (Å²) < 4.78 is 5.33. The molecule has 0 radical (unpaired) electrons. The number of esters is 1. The first kappa shape index (κ1) is 24.9. The molecule has 0 unspecified atom stereocenters. The van der Waals surface area contributed by atoms with E-state index in [-0.39, 0.29) is 22.0 Å². The Morgan fingerprint density at radius 3 is 2.32 bits per heavy atom. The SMILES string of the molecule is O=C(/C=C/c1ccc([N+](=O)[O-])cc1)Oc1ccc(Cl)cc1/C=N/NC(=O)c1ccc(Cl)cc1Cl. The van der Waals surface area contributed by atoms with Crippen molar-refractivity contribution in [3.8, 4) is 5.75 Å². The molecule has 3 aromatic carbocycles. The maximum absolute atomic E-state index is 12.3. The lowest BCUT2D eigenvalue weighted by atomic mass is 10.2. The zero-order chi connectivity index (χ0) is 24.7. The Morgan fingerprint density at radius 1 is 0.971 bits per heavy atom. The third-order valence-corrected chi connectivity index (χ3v) is 5.03. The van der Waals surface area contributed by atoms with Gasteiger partial charge >= 0.3 is 5.97 Å². The average molecular weight is 519 g/mol. The molecule has 1 amide bonds. The first-order valence-corrected chi connectivity index (χ1v) is 10.6. The van der Waals surface area contributed by atoms with Crippen LogP contribution in [0.5, 0.6) is 5.75 Å². The van der Waals surface area contributed by atoms with E-state index in [2.05, 4.69) is 10.5 Å². The van der Waals surface area contributed by atoms with Crippen LogP contribution in [0.25, 0.3) is 6.08 Å². The van der Waals surface area contributed by atoms with E-state index >= 15 is 0 Å². The molecule has 0 saturated carbocycles. The van der Waals surface area contributed by atoms with E-state index in [4.69, 9.17) is 39.5 Å². The van der Waals surface area contributed by atoms with Gasteiger partial charge in [-0.25, -0.2) is 10.2 Å². The molecule has 0 aliphatic heterocycles. The van der Waals surface area contributed by atoms with Crippen molar-refractivity contribution in [1.82, 2.24) is 5.43 Å². The number of nitro groups is 1. The van der Waals surface area contributed by atoms with E-state index in [1.54, 1.807) is 0 Å². The van der Waals surface area contributed by atoms with Crippen molar-refractivity contribution in [3.63, 3.8) is 0 Å². The third-order valence-electron chi connectivity index (χ3n) is 4.24. The first-order chi connectivity index (χ1) is 16.2. The smallest absolute Gasteiger partial charge is 0.336 e. The number of amides is 1. The number of halogens is 3. The largest absolute Gasteiger partial charge is 0.423 e. The van der Waals surface area contributed by atoms with Crippen LogP contribution in [-0.4, -0.2) is 23.0 Å². The first-order valence-electron chi connectivity index (χ1n) is 9.45. The Kier molecular flexibility index (Phi) is 8.37. The Balaban J connectivity index is 1.68. The zero-order valence-corrected chi connectivity index (χ0v) is 19.3. The van der Waals surface area contributed by atoms with Crippen LogP contribution in [0.1, 0.15) is 21.5 Å². The summed E-state index contributed by atoms with van der Waals surface area (Å²) in [5, 5.41) is 15.5. The van der Waals surface area contributed by atoms with E-state index in [1.165, 1.54) is 79.0 Å². The number of carbonyl (C=O) groups excluding carboxylic acids is 2. The number of rotatable bonds is 7. The van der Waals surface area contributed by atoms with Gasteiger partial charge in [0.25, 0.3) is 11.6 Å². The molecule has 0 spiro atoms. The monoisotopic (exact) mass is 517 g/mol. The Hall–Kier alpha value is -3.72. The predicted octanol–water partition coefficient (Wildman–Crippen LogP) is 5.94. The van der Waals surface area contributed by atoms with Crippen LogP contribution < -0.4 is 10.2 Å². The lowest BCUT2D eigenvalue weighted by Crippen LogP contribution is -2.18. The number of non-ortho nitro benzene ring substituents is 1. The van der Waals surface area contributed by atoms with Crippen LogP contribution in [0.2, 0.25) is 15.1 Å². The van der Waals surface area contributed by atoms with Crippen molar-refractivity contribution < 1.29 is 19.2 Å². The van der Waals surface area contributed by atoms with Gasteiger partial charge in [-0.15, -0.1) is 0 Å². The minimum absolute atomic E-state index is 0.0600. The van der Waals surface area contributed by atoms with Crippen molar-refractivity contribution >= 4 is 64.7 Å². The molecule has 1 N–H and O–H groups in total. The highest BCUT2D eigenvalue weighted by atomic mass is 35.5. The normalized spacial score (nSPS) is 11.0. The second kappa shape index (κ2) is 11.4. The van der Waals surface area contributed by atoms with Gasteiger partial charge in [-0.1, -0.05) is 34.8 Å². The summed E-state index contributed by atoms with van der Waals surface area (Å²) in [5.41, 5.74) is 3.34. The number of hydrogen-bond acceptors (Lipinski definition) is 6. The maximum atomic E-state index is 12.3. The quantitative estimate of drug-likeness (QED) is 0.104. The fourth-order valence-electron chi connectivity index (χ4n) is 2.62. The summed E-state index contributed by atoms with van der Waals surface area (Å²) >= 11 is 17.9. The van der Waals surface area contributed by atoms with E-state index in [9.17, 15) is 19.7 Å². The molecule has 0 bridgehead atoms. The van der Waals surface area contributed by atoms with Crippen LogP contribution in [0.4, 0.5) is 5.69 Å². The summed E-state index contributed by atoms with van der Waals surface area (Å²) in [6.07, 6.45) is 3.88. The van der Waals surface area contributed by atoms with E-state index in [0.717, 1.165) is 0 Å². The van der Waals surface area contributed by atoms with Crippen molar-refractivity contribution in [2.45, 2.75) is 0 Å². The van der Waals surface area contributed by atoms with E-state index in [1.807, 2.05) is 0 Å². The molecule has 3 rings (SSSR count). The fraction of sp³-hybridized carbons (Fsp3) is 0. The fourth-order valence-corrected chi connectivity index (χ4v) is 3.30. The molecule has 0 aromatic heterocycles. The topological polar surface area (TPSA) is 111 Å². The Morgan fingerprint density at radius 2 is 1.65 bits per heavy atom. The van der Waals surface area contributed by atoms with E-state index in [0.29, 0.717) is 21.2 Å². The van der Waals surface area contributed by atoms with Gasteiger partial charge in [0.15, 0.2) is 0 Å². The second-order valence-electron chi connectivity index (χ2n) is 6.61. The number of nitro benzene ring substituents is 1. The number of hydrogen-bond donors (Lipinski definition) is 1. The summed E-state index contributed by atoms with van der Waals surface area (Å²) in [7, 11) is 0. The van der Waals surface area contributed by atoms with Gasteiger partial charge in [-0.05, 0) is 60.2 Å². The van der Waals surface area contributed by atoms with Crippen LogP contribution in [-0.2, 0) is 4.79 Å². The van der Waals surface area contributed by atoms with Gasteiger partial charge < -0.3 is 4.74 Å². The van der Waals surface area contributed by atoms with Crippen LogP contribution >= 0.6 is 34.8 Å². The Bertz CT molecular complexity index is 1310. The predicted molar refractivity (Wildman–Crippen MR) is 131 cm³/mol. The number of nitrogens with zero attached hydrogens (tertiary/aromatic N) is 2. The molecule has 0 atom stereocenters. The van der Waals surface area contributed by atoms with E-state index < -0.39 is 16.8 Å². The van der Waals surface area contributed by atoms with Crippen molar-refractivity contribution in [2.24, 2.45) is 5.10 Å². The lowest BCUT2D eigenvalue weighted by molar-refractivity contribution is -0.384. The Labute approximate surface area is 208 Å².